The van der Waals surface area contributed by atoms with Crippen LogP contribution in [-0.2, 0) is 33.0 Å². The first-order valence-electron chi connectivity index (χ1n) is 6.48. The van der Waals surface area contributed by atoms with Gasteiger partial charge in [-0.3, -0.25) is 4.79 Å². The van der Waals surface area contributed by atoms with Crippen molar-refractivity contribution < 1.29 is 14.3 Å². The molecule has 1 aromatic rings. The number of carbonyl (C=O) groups is 1. The summed E-state index contributed by atoms with van der Waals surface area (Å²) in [7, 11) is 1.47. The van der Waals surface area contributed by atoms with Gasteiger partial charge < -0.3 is 14.0 Å². The summed E-state index contributed by atoms with van der Waals surface area (Å²) in [6, 6.07) is 1.87. The van der Waals surface area contributed by atoms with Crippen LogP contribution in [0.15, 0.2) is 10.9 Å². The molecule has 104 valence electrons. The van der Waals surface area contributed by atoms with Crippen LogP contribution in [0, 0.1) is 6.92 Å². The van der Waals surface area contributed by atoms with Gasteiger partial charge in [-0.1, -0.05) is 6.92 Å². The molecule has 0 radical (unpaired) electrons. The minimum atomic E-state index is -1.15. The van der Waals surface area contributed by atoms with Crippen LogP contribution in [0.3, 0.4) is 0 Å². The number of rotatable bonds is 3. The van der Waals surface area contributed by atoms with Gasteiger partial charge in [-0.2, -0.15) is 0 Å². The summed E-state index contributed by atoms with van der Waals surface area (Å²) in [6.45, 7) is 6.25. The van der Waals surface area contributed by atoms with E-state index in [9.17, 15) is 9.59 Å². The highest BCUT2D eigenvalue weighted by Gasteiger charge is 2.46. The summed E-state index contributed by atoms with van der Waals surface area (Å²) >= 11 is 0. The lowest BCUT2D eigenvalue weighted by Gasteiger charge is -2.35. The first-order valence-corrected chi connectivity index (χ1v) is 6.48. The van der Waals surface area contributed by atoms with Crippen LogP contribution in [0.25, 0.3) is 0 Å². The zero-order valence-corrected chi connectivity index (χ0v) is 11.8. The second-order valence-corrected chi connectivity index (χ2v) is 4.69. The Kier molecular flexibility index (Phi) is 3.49. The maximum Gasteiger partial charge on any atom is 0.343 e. The second-order valence-electron chi connectivity index (χ2n) is 4.69. The molecular formula is C14H19NO4. The molecule has 2 rings (SSSR count). The van der Waals surface area contributed by atoms with Crippen molar-refractivity contribution in [2.75, 3.05) is 7.11 Å². The van der Waals surface area contributed by atoms with Gasteiger partial charge in [0.1, 0.15) is 6.61 Å². The fourth-order valence-corrected chi connectivity index (χ4v) is 2.74. The molecule has 0 bridgehead atoms. The van der Waals surface area contributed by atoms with E-state index in [1.807, 2.05) is 26.8 Å². The molecule has 0 amide bonds. The number of hydrogen-bond acceptors (Lipinski definition) is 4. The van der Waals surface area contributed by atoms with Crippen LogP contribution in [0.2, 0.25) is 0 Å². The monoisotopic (exact) mass is 265 g/mol. The molecule has 0 aliphatic carbocycles. The molecule has 2 heterocycles. The van der Waals surface area contributed by atoms with Crippen LogP contribution >= 0.6 is 0 Å². The minimum Gasteiger partial charge on any atom is -0.458 e. The van der Waals surface area contributed by atoms with Crippen LogP contribution in [0.5, 0.6) is 0 Å². The normalized spacial score (nSPS) is 22.0. The van der Waals surface area contributed by atoms with Gasteiger partial charge in [-0.15, -0.1) is 0 Å². The van der Waals surface area contributed by atoms with Gasteiger partial charge in [0, 0.05) is 24.9 Å². The second kappa shape index (κ2) is 4.81. The van der Waals surface area contributed by atoms with E-state index in [4.69, 9.17) is 9.47 Å². The molecule has 0 saturated heterocycles. The number of nitrogens with zero attached hydrogens (tertiary/aromatic N) is 1. The van der Waals surface area contributed by atoms with Crippen molar-refractivity contribution in [3.8, 4) is 0 Å². The maximum atomic E-state index is 12.4. The summed E-state index contributed by atoms with van der Waals surface area (Å²) in [5, 5.41) is 0. The zero-order chi connectivity index (χ0) is 14.2. The number of hydrogen-bond donors (Lipinski definition) is 0. The van der Waals surface area contributed by atoms with E-state index < -0.39 is 11.6 Å². The molecule has 0 unspecified atom stereocenters. The molecular weight excluding hydrogens is 246 g/mol. The highest BCUT2D eigenvalue weighted by Crippen LogP contribution is 2.36. The summed E-state index contributed by atoms with van der Waals surface area (Å²) in [4.78, 5) is 24.5. The third-order valence-electron chi connectivity index (χ3n) is 3.88. The van der Waals surface area contributed by atoms with Gasteiger partial charge in [-0.25, -0.2) is 4.79 Å². The van der Waals surface area contributed by atoms with Crippen LogP contribution in [-0.4, -0.2) is 17.6 Å². The SMILES string of the molecule is CCn1c(C)cc2c(c1=O)COC(=O)[C@@]2(CC)OC. The number of aryl methyl sites for hydroxylation is 1. The Morgan fingerprint density at radius 2 is 2.11 bits per heavy atom. The van der Waals surface area contributed by atoms with Crippen LogP contribution in [0.1, 0.15) is 37.1 Å². The fourth-order valence-electron chi connectivity index (χ4n) is 2.74. The quantitative estimate of drug-likeness (QED) is 0.777. The van der Waals surface area contributed by atoms with E-state index in [0.29, 0.717) is 24.1 Å². The molecule has 0 fully saturated rings. The van der Waals surface area contributed by atoms with E-state index >= 15 is 0 Å². The molecule has 5 nitrogen and oxygen atoms in total. The Hall–Kier alpha value is -1.62. The van der Waals surface area contributed by atoms with Gasteiger partial charge >= 0.3 is 5.97 Å². The number of ether oxygens (including phenoxy) is 2. The smallest absolute Gasteiger partial charge is 0.343 e. The summed E-state index contributed by atoms with van der Waals surface area (Å²) in [6.07, 6.45) is 0.435. The predicted molar refractivity (Wildman–Crippen MR) is 69.9 cm³/mol. The summed E-state index contributed by atoms with van der Waals surface area (Å²) in [5.74, 6) is -0.418. The highest BCUT2D eigenvalue weighted by atomic mass is 16.6. The minimum absolute atomic E-state index is 0.0262. The van der Waals surface area contributed by atoms with Crippen molar-refractivity contribution in [2.24, 2.45) is 0 Å². The van der Waals surface area contributed by atoms with Crippen molar-refractivity contribution in [1.82, 2.24) is 4.57 Å². The first-order chi connectivity index (χ1) is 9.01. The van der Waals surface area contributed by atoms with Crippen molar-refractivity contribution in [1.29, 1.82) is 0 Å². The Morgan fingerprint density at radius 3 is 2.63 bits per heavy atom. The number of aromatic nitrogens is 1. The van der Waals surface area contributed by atoms with E-state index in [1.165, 1.54) is 7.11 Å². The fraction of sp³-hybridized carbons (Fsp3) is 0.571. The van der Waals surface area contributed by atoms with E-state index in [0.717, 1.165) is 5.69 Å². The number of esters is 1. The standard InChI is InChI=1S/C14H19NO4/c1-5-14(18-4)11-7-9(3)15(6-2)12(16)10(11)8-19-13(14)17/h7H,5-6,8H2,1-4H3/t14-/m0/s1. The van der Waals surface area contributed by atoms with Gasteiger partial charge in [0.15, 0.2) is 5.60 Å². The van der Waals surface area contributed by atoms with Crippen LogP contribution in [0.4, 0.5) is 0 Å². The molecule has 0 saturated carbocycles. The number of cyclic esters (lactones) is 1. The molecule has 0 spiro atoms. The van der Waals surface area contributed by atoms with Crippen molar-refractivity contribution in [3.05, 3.63) is 33.2 Å². The summed E-state index contributed by atoms with van der Waals surface area (Å²) < 4.78 is 12.2. The van der Waals surface area contributed by atoms with E-state index in [2.05, 4.69) is 0 Å². The van der Waals surface area contributed by atoms with E-state index in [-0.39, 0.29) is 12.2 Å². The number of carbonyl (C=O) groups excluding carboxylic acids is 1. The Balaban J connectivity index is 2.78. The molecule has 0 N–H and O–H groups in total. The molecule has 1 aliphatic rings. The number of fused-ring (bicyclic) bond motifs is 1. The number of pyridine rings is 1. The Bertz CT molecular complexity index is 570. The number of methoxy groups -OCH3 is 1. The Morgan fingerprint density at radius 1 is 1.42 bits per heavy atom. The molecule has 1 aliphatic heterocycles. The third-order valence-corrected chi connectivity index (χ3v) is 3.88. The third kappa shape index (κ3) is 1.80. The van der Waals surface area contributed by atoms with Gasteiger partial charge in [0.05, 0.1) is 5.56 Å². The van der Waals surface area contributed by atoms with Gasteiger partial charge in [0.2, 0.25) is 0 Å². The van der Waals surface area contributed by atoms with Crippen molar-refractivity contribution in [2.45, 2.75) is 45.9 Å². The Labute approximate surface area is 112 Å². The van der Waals surface area contributed by atoms with Crippen molar-refractivity contribution >= 4 is 5.97 Å². The van der Waals surface area contributed by atoms with Crippen LogP contribution < -0.4 is 5.56 Å². The molecule has 1 aromatic heterocycles. The van der Waals surface area contributed by atoms with E-state index in [1.54, 1.807) is 4.57 Å². The maximum absolute atomic E-state index is 12.4. The molecule has 1 atom stereocenters. The molecule has 0 aromatic carbocycles. The van der Waals surface area contributed by atoms with Gasteiger partial charge in [0.25, 0.3) is 5.56 Å². The first kappa shape index (κ1) is 13.8. The lowest BCUT2D eigenvalue weighted by molar-refractivity contribution is -0.176. The zero-order valence-electron chi connectivity index (χ0n) is 11.8. The van der Waals surface area contributed by atoms with Gasteiger partial charge in [-0.05, 0) is 26.3 Å². The average Bonchev–Trinajstić information content (AvgIpc) is 2.40. The largest absolute Gasteiger partial charge is 0.458 e. The summed E-state index contributed by atoms with van der Waals surface area (Å²) in [5.41, 5.74) is 0.761. The molecule has 19 heavy (non-hydrogen) atoms. The lowest BCUT2D eigenvalue weighted by atomic mass is 9.86. The van der Waals surface area contributed by atoms with Crippen molar-refractivity contribution in [3.63, 3.8) is 0 Å². The molecule has 5 heteroatoms. The topological polar surface area (TPSA) is 57.5 Å². The lowest BCUT2D eigenvalue weighted by Crippen LogP contribution is -2.46. The highest BCUT2D eigenvalue weighted by molar-refractivity contribution is 5.83. The predicted octanol–water partition coefficient (Wildman–Crippen LogP) is 1.49. The average molecular weight is 265 g/mol.